The summed E-state index contributed by atoms with van der Waals surface area (Å²) in [6.07, 6.45) is 1.08. The predicted octanol–water partition coefficient (Wildman–Crippen LogP) is 3.75. The Kier molecular flexibility index (Phi) is 5.50. The lowest BCUT2D eigenvalue weighted by Crippen LogP contribution is -2.25. The lowest BCUT2D eigenvalue weighted by molar-refractivity contribution is 0.103. The standard InChI is InChI=1S/C17H12ClN3O2/c18-14-8-6-12(7-9-14)16(22)13(10-19)11-20-17(23)21-15-4-2-1-3-5-15/h1-9,11H,(H2,20,21,23). The third kappa shape index (κ3) is 4.70. The van der Waals surface area contributed by atoms with Crippen LogP contribution in [0.2, 0.25) is 5.02 Å². The molecule has 5 nitrogen and oxygen atoms in total. The first-order valence-corrected chi connectivity index (χ1v) is 7.01. The molecule has 0 atom stereocenters. The summed E-state index contributed by atoms with van der Waals surface area (Å²) in [4.78, 5) is 23.9. The van der Waals surface area contributed by atoms with E-state index in [4.69, 9.17) is 16.9 Å². The van der Waals surface area contributed by atoms with Crippen molar-refractivity contribution in [2.75, 3.05) is 5.32 Å². The average Bonchev–Trinajstić information content (AvgIpc) is 2.56. The number of hydrogen-bond acceptors (Lipinski definition) is 3. The third-order valence-corrected chi connectivity index (χ3v) is 3.10. The van der Waals surface area contributed by atoms with E-state index in [1.807, 2.05) is 6.07 Å². The van der Waals surface area contributed by atoms with Gasteiger partial charge in [-0.05, 0) is 36.4 Å². The number of rotatable bonds is 4. The highest BCUT2D eigenvalue weighted by atomic mass is 35.5. The fourth-order valence-electron chi connectivity index (χ4n) is 1.73. The molecule has 0 fully saturated rings. The second-order valence-corrected chi connectivity index (χ2v) is 4.91. The number of anilines is 1. The first-order valence-electron chi connectivity index (χ1n) is 6.63. The number of nitriles is 1. The van der Waals surface area contributed by atoms with E-state index in [9.17, 15) is 9.59 Å². The van der Waals surface area contributed by atoms with E-state index >= 15 is 0 Å². The summed E-state index contributed by atoms with van der Waals surface area (Å²) >= 11 is 5.75. The molecule has 2 aromatic rings. The van der Waals surface area contributed by atoms with Crippen molar-refractivity contribution < 1.29 is 9.59 Å². The van der Waals surface area contributed by atoms with Crippen LogP contribution in [0.25, 0.3) is 0 Å². The smallest absolute Gasteiger partial charge is 0.313 e. The number of carbonyl (C=O) groups excluding carboxylic acids is 2. The molecule has 114 valence electrons. The van der Waals surface area contributed by atoms with Crippen LogP contribution in [0, 0.1) is 11.3 Å². The van der Waals surface area contributed by atoms with Crippen LogP contribution in [0.1, 0.15) is 10.4 Å². The van der Waals surface area contributed by atoms with E-state index in [-0.39, 0.29) is 5.57 Å². The van der Waals surface area contributed by atoms with Crippen molar-refractivity contribution in [3.05, 3.63) is 77.0 Å². The van der Waals surface area contributed by atoms with Crippen molar-refractivity contribution >= 4 is 29.1 Å². The van der Waals surface area contributed by atoms with Gasteiger partial charge >= 0.3 is 6.03 Å². The monoisotopic (exact) mass is 325 g/mol. The number of urea groups is 1. The zero-order valence-corrected chi connectivity index (χ0v) is 12.7. The average molecular weight is 326 g/mol. The van der Waals surface area contributed by atoms with Gasteiger partial charge in [-0.25, -0.2) is 4.79 Å². The highest BCUT2D eigenvalue weighted by Crippen LogP contribution is 2.13. The van der Waals surface area contributed by atoms with Crippen LogP contribution in [0.5, 0.6) is 0 Å². The largest absolute Gasteiger partial charge is 0.323 e. The molecule has 2 amide bonds. The summed E-state index contributed by atoms with van der Waals surface area (Å²) in [5, 5.41) is 14.5. The lowest BCUT2D eigenvalue weighted by Gasteiger charge is -2.04. The Morgan fingerprint density at radius 1 is 1.04 bits per heavy atom. The molecule has 0 aromatic heterocycles. The Labute approximate surface area is 138 Å². The molecule has 2 N–H and O–H groups in total. The zero-order chi connectivity index (χ0) is 16.7. The molecule has 0 aliphatic heterocycles. The summed E-state index contributed by atoms with van der Waals surface area (Å²) in [6.45, 7) is 0. The van der Waals surface area contributed by atoms with Crippen LogP contribution < -0.4 is 10.6 Å². The number of hydrogen-bond donors (Lipinski definition) is 2. The van der Waals surface area contributed by atoms with E-state index < -0.39 is 11.8 Å². The minimum Gasteiger partial charge on any atom is -0.313 e. The lowest BCUT2D eigenvalue weighted by atomic mass is 10.1. The van der Waals surface area contributed by atoms with Crippen LogP contribution in [0.15, 0.2) is 66.4 Å². The molecule has 0 radical (unpaired) electrons. The maximum atomic E-state index is 12.2. The van der Waals surface area contributed by atoms with Gasteiger partial charge in [0, 0.05) is 22.5 Å². The normalized spacial score (nSPS) is 10.5. The molecule has 0 bridgehead atoms. The van der Waals surface area contributed by atoms with Gasteiger partial charge in [-0.3, -0.25) is 4.79 Å². The van der Waals surface area contributed by atoms with Crippen molar-refractivity contribution in [2.24, 2.45) is 0 Å². The molecule has 0 spiro atoms. The Hall–Kier alpha value is -3.10. The van der Waals surface area contributed by atoms with Gasteiger partial charge in [0.1, 0.15) is 11.6 Å². The number of halogens is 1. The predicted molar refractivity (Wildman–Crippen MR) is 88.1 cm³/mol. The summed E-state index contributed by atoms with van der Waals surface area (Å²) in [7, 11) is 0. The molecule has 2 rings (SSSR count). The number of nitrogens with zero attached hydrogens (tertiary/aromatic N) is 1. The Morgan fingerprint density at radius 2 is 1.70 bits per heavy atom. The fourth-order valence-corrected chi connectivity index (χ4v) is 1.86. The van der Waals surface area contributed by atoms with Crippen LogP contribution in [0.3, 0.4) is 0 Å². The van der Waals surface area contributed by atoms with Crippen molar-refractivity contribution in [3.8, 4) is 6.07 Å². The fraction of sp³-hybridized carbons (Fsp3) is 0. The quantitative estimate of drug-likeness (QED) is 0.510. The van der Waals surface area contributed by atoms with E-state index in [1.54, 1.807) is 42.5 Å². The first kappa shape index (κ1) is 16.3. The van der Waals surface area contributed by atoms with Crippen LogP contribution in [-0.2, 0) is 0 Å². The van der Waals surface area contributed by atoms with Gasteiger partial charge < -0.3 is 10.6 Å². The Bertz CT molecular complexity index is 778. The SMILES string of the molecule is N#CC(=CNC(=O)Nc1ccccc1)C(=O)c1ccc(Cl)cc1. The number of nitrogens with one attached hydrogen (secondary N) is 2. The van der Waals surface area contributed by atoms with Crippen LogP contribution in [-0.4, -0.2) is 11.8 Å². The summed E-state index contributed by atoms with van der Waals surface area (Å²) in [5.74, 6) is -0.496. The summed E-state index contributed by atoms with van der Waals surface area (Å²) < 4.78 is 0. The van der Waals surface area contributed by atoms with Crippen molar-refractivity contribution in [2.45, 2.75) is 0 Å². The van der Waals surface area contributed by atoms with E-state index in [0.29, 0.717) is 16.3 Å². The summed E-state index contributed by atoms with van der Waals surface area (Å²) in [5.41, 5.74) is 0.726. The van der Waals surface area contributed by atoms with E-state index in [0.717, 1.165) is 6.20 Å². The van der Waals surface area contributed by atoms with Gasteiger partial charge in [0.15, 0.2) is 0 Å². The highest BCUT2D eigenvalue weighted by molar-refractivity contribution is 6.30. The first-order chi connectivity index (χ1) is 11.1. The van der Waals surface area contributed by atoms with Gasteiger partial charge in [-0.1, -0.05) is 29.8 Å². The molecule has 23 heavy (non-hydrogen) atoms. The minimum atomic E-state index is -0.548. The van der Waals surface area contributed by atoms with Crippen molar-refractivity contribution in [3.63, 3.8) is 0 Å². The van der Waals surface area contributed by atoms with Crippen molar-refractivity contribution in [1.29, 1.82) is 5.26 Å². The molecule has 2 aromatic carbocycles. The Balaban J connectivity index is 2.04. The van der Waals surface area contributed by atoms with Gasteiger partial charge in [0.05, 0.1) is 0 Å². The maximum absolute atomic E-state index is 12.2. The van der Waals surface area contributed by atoms with Gasteiger partial charge in [0.2, 0.25) is 5.78 Å². The number of carbonyl (C=O) groups is 2. The van der Waals surface area contributed by atoms with Crippen molar-refractivity contribution in [1.82, 2.24) is 5.32 Å². The zero-order valence-electron chi connectivity index (χ0n) is 11.9. The molecule has 6 heteroatoms. The number of benzene rings is 2. The number of Topliss-reactive ketones (excluding diaryl/α,β-unsaturated/α-hetero) is 1. The van der Waals surface area contributed by atoms with Gasteiger partial charge in [-0.2, -0.15) is 5.26 Å². The number of ketones is 1. The second kappa shape index (κ2) is 7.78. The minimum absolute atomic E-state index is 0.185. The molecule has 0 saturated carbocycles. The number of amides is 2. The van der Waals surface area contributed by atoms with Gasteiger partial charge in [-0.15, -0.1) is 0 Å². The molecule has 0 aliphatic rings. The molecular formula is C17H12ClN3O2. The molecule has 0 heterocycles. The van der Waals surface area contributed by atoms with E-state index in [1.165, 1.54) is 12.1 Å². The van der Waals surface area contributed by atoms with Crippen LogP contribution >= 0.6 is 11.6 Å². The second-order valence-electron chi connectivity index (χ2n) is 4.47. The summed E-state index contributed by atoms with van der Waals surface area (Å²) in [6, 6.07) is 16.2. The number of para-hydroxylation sites is 1. The third-order valence-electron chi connectivity index (χ3n) is 2.85. The molecule has 0 unspecified atom stereocenters. The maximum Gasteiger partial charge on any atom is 0.323 e. The molecular weight excluding hydrogens is 314 g/mol. The number of allylic oxidation sites excluding steroid dienone is 1. The van der Waals surface area contributed by atoms with Crippen LogP contribution in [0.4, 0.5) is 10.5 Å². The molecule has 0 aliphatic carbocycles. The Morgan fingerprint density at radius 3 is 2.30 bits per heavy atom. The highest BCUT2D eigenvalue weighted by Gasteiger charge is 2.12. The van der Waals surface area contributed by atoms with Gasteiger partial charge in [0.25, 0.3) is 0 Å². The molecule has 0 saturated heterocycles. The van der Waals surface area contributed by atoms with E-state index in [2.05, 4.69) is 10.6 Å². The topological polar surface area (TPSA) is 82.0 Å².